The van der Waals surface area contributed by atoms with Crippen molar-refractivity contribution in [2.45, 2.75) is 27.2 Å². The number of nitrogens with zero attached hydrogens (tertiary/aromatic N) is 1. The van der Waals surface area contributed by atoms with E-state index >= 15 is 0 Å². The summed E-state index contributed by atoms with van der Waals surface area (Å²) >= 11 is 0. The maximum absolute atomic E-state index is 12.3. The molecule has 1 fully saturated rings. The fraction of sp³-hybridized carbons (Fsp3) is 0.500. The Morgan fingerprint density at radius 3 is 2.65 bits per heavy atom. The summed E-state index contributed by atoms with van der Waals surface area (Å²) in [5, 5.41) is 17.0. The van der Waals surface area contributed by atoms with Gasteiger partial charge in [-0.2, -0.15) is 0 Å². The number of nitro groups is 1. The third kappa shape index (κ3) is 2.65. The molecule has 0 spiro atoms. The standard InChI is InChI=1S/C14H19N3O3/c1-9-7-12(17(19)20)10(2)6-11(9)16-13(18)14(3)4-5-15-8-14/h6-7,15H,4-5,8H2,1-3H3,(H,16,18). The zero-order valence-corrected chi connectivity index (χ0v) is 11.9. The van der Waals surface area contributed by atoms with Gasteiger partial charge in [0.1, 0.15) is 0 Å². The molecule has 6 nitrogen and oxygen atoms in total. The quantitative estimate of drug-likeness (QED) is 0.655. The molecule has 20 heavy (non-hydrogen) atoms. The molecule has 0 bridgehead atoms. The van der Waals surface area contributed by atoms with E-state index in [9.17, 15) is 14.9 Å². The molecule has 1 aromatic rings. The van der Waals surface area contributed by atoms with Crippen LogP contribution in [0.3, 0.4) is 0 Å². The van der Waals surface area contributed by atoms with Crippen molar-refractivity contribution in [2.24, 2.45) is 5.41 Å². The highest BCUT2D eigenvalue weighted by Crippen LogP contribution is 2.30. The molecule has 0 aromatic heterocycles. The summed E-state index contributed by atoms with van der Waals surface area (Å²) in [5.74, 6) is -0.0427. The highest BCUT2D eigenvalue weighted by molar-refractivity contribution is 5.96. The number of nitro benzene ring substituents is 1. The van der Waals surface area contributed by atoms with Crippen molar-refractivity contribution < 1.29 is 9.72 Å². The van der Waals surface area contributed by atoms with Gasteiger partial charge in [0.05, 0.1) is 10.3 Å². The van der Waals surface area contributed by atoms with E-state index in [4.69, 9.17) is 0 Å². The molecule has 1 heterocycles. The van der Waals surface area contributed by atoms with Crippen LogP contribution in [0, 0.1) is 29.4 Å². The topological polar surface area (TPSA) is 84.3 Å². The molecule has 1 aliphatic heterocycles. The predicted octanol–water partition coefficient (Wildman–Crippen LogP) is 2.15. The van der Waals surface area contributed by atoms with E-state index in [1.807, 2.05) is 6.92 Å². The average Bonchev–Trinajstić information content (AvgIpc) is 2.81. The van der Waals surface area contributed by atoms with Crippen LogP contribution in [0.5, 0.6) is 0 Å². The van der Waals surface area contributed by atoms with Crippen molar-refractivity contribution in [2.75, 3.05) is 18.4 Å². The molecule has 1 aliphatic rings. The number of anilines is 1. The van der Waals surface area contributed by atoms with Crippen molar-refractivity contribution in [3.05, 3.63) is 33.4 Å². The molecule has 2 N–H and O–H groups in total. The number of carbonyl (C=O) groups is 1. The molecule has 1 atom stereocenters. The van der Waals surface area contributed by atoms with Crippen LogP contribution in [-0.2, 0) is 4.79 Å². The first kappa shape index (κ1) is 14.5. The molecule has 1 saturated heterocycles. The van der Waals surface area contributed by atoms with Gasteiger partial charge in [0, 0.05) is 23.9 Å². The molecule has 108 valence electrons. The Labute approximate surface area is 117 Å². The number of rotatable bonds is 3. The first-order valence-corrected chi connectivity index (χ1v) is 6.61. The minimum absolute atomic E-state index is 0.0427. The number of aryl methyl sites for hydroxylation is 2. The molecule has 0 saturated carbocycles. The Bertz CT molecular complexity index is 563. The van der Waals surface area contributed by atoms with Crippen LogP contribution in [0.1, 0.15) is 24.5 Å². The fourth-order valence-electron chi connectivity index (χ4n) is 2.42. The van der Waals surface area contributed by atoms with E-state index in [-0.39, 0.29) is 11.6 Å². The highest BCUT2D eigenvalue weighted by atomic mass is 16.6. The molecular weight excluding hydrogens is 258 g/mol. The molecule has 0 aliphatic carbocycles. The van der Waals surface area contributed by atoms with E-state index in [0.29, 0.717) is 23.4 Å². The van der Waals surface area contributed by atoms with Gasteiger partial charge < -0.3 is 10.6 Å². The molecular formula is C14H19N3O3. The van der Waals surface area contributed by atoms with Crippen LogP contribution in [0.25, 0.3) is 0 Å². The fourth-order valence-corrected chi connectivity index (χ4v) is 2.42. The van der Waals surface area contributed by atoms with E-state index in [1.165, 1.54) is 6.07 Å². The molecule has 1 unspecified atom stereocenters. The Kier molecular flexibility index (Phi) is 3.76. The van der Waals surface area contributed by atoms with Gasteiger partial charge in [0.25, 0.3) is 5.69 Å². The normalized spacial score (nSPS) is 21.8. The lowest BCUT2D eigenvalue weighted by molar-refractivity contribution is -0.385. The van der Waals surface area contributed by atoms with Gasteiger partial charge in [0.15, 0.2) is 0 Å². The zero-order valence-electron chi connectivity index (χ0n) is 11.9. The number of carbonyl (C=O) groups excluding carboxylic acids is 1. The molecule has 1 aromatic carbocycles. The second-order valence-corrected chi connectivity index (χ2v) is 5.65. The van der Waals surface area contributed by atoms with Crippen LogP contribution < -0.4 is 10.6 Å². The molecule has 0 radical (unpaired) electrons. The Hall–Kier alpha value is -1.95. The summed E-state index contributed by atoms with van der Waals surface area (Å²) in [6.07, 6.45) is 0.795. The third-order valence-electron chi connectivity index (χ3n) is 3.90. The smallest absolute Gasteiger partial charge is 0.272 e. The van der Waals surface area contributed by atoms with Crippen molar-refractivity contribution >= 4 is 17.3 Å². The van der Waals surface area contributed by atoms with Crippen LogP contribution in [-0.4, -0.2) is 23.9 Å². The highest BCUT2D eigenvalue weighted by Gasteiger charge is 2.36. The van der Waals surface area contributed by atoms with E-state index < -0.39 is 10.3 Å². The van der Waals surface area contributed by atoms with Crippen molar-refractivity contribution in [3.63, 3.8) is 0 Å². The summed E-state index contributed by atoms with van der Waals surface area (Å²) in [6, 6.07) is 3.16. The monoisotopic (exact) mass is 277 g/mol. The number of nitrogens with one attached hydrogen (secondary N) is 2. The van der Waals surface area contributed by atoms with E-state index in [0.717, 1.165) is 13.0 Å². The summed E-state index contributed by atoms with van der Waals surface area (Å²) in [5.41, 5.74) is 1.55. The predicted molar refractivity (Wildman–Crippen MR) is 76.8 cm³/mol. The first-order valence-electron chi connectivity index (χ1n) is 6.61. The summed E-state index contributed by atoms with van der Waals surface area (Å²) in [6.45, 7) is 6.85. The van der Waals surface area contributed by atoms with Gasteiger partial charge in [-0.3, -0.25) is 14.9 Å². The summed E-state index contributed by atoms with van der Waals surface area (Å²) in [4.78, 5) is 22.8. The van der Waals surface area contributed by atoms with E-state index in [2.05, 4.69) is 10.6 Å². The van der Waals surface area contributed by atoms with E-state index in [1.54, 1.807) is 19.9 Å². The van der Waals surface area contributed by atoms with Crippen molar-refractivity contribution in [3.8, 4) is 0 Å². The minimum Gasteiger partial charge on any atom is -0.325 e. The van der Waals surface area contributed by atoms with Crippen LogP contribution in [0.2, 0.25) is 0 Å². The van der Waals surface area contributed by atoms with Gasteiger partial charge in [-0.25, -0.2) is 0 Å². The van der Waals surface area contributed by atoms with Gasteiger partial charge in [-0.15, -0.1) is 0 Å². The lowest BCUT2D eigenvalue weighted by atomic mass is 9.88. The Balaban J connectivity index is 2.24. The van der Waals surface area contributed by atoms with Gasteiger partial charge in [-0.05, 0) is 45.4 Å². The number of amides is 1. The molecule has 1 amide bonds. The SMILES string of the molecule is Cc1cc([N+](=O)[O-])c(C)cc1NC(=O)C1(C)CCNC1. The van der Waals surface area contributed by atoms with Crippen molar-refractivity contribution in [1.29, 1.82) is 0 Å². The second-order valence-electron chi connectivity index (χ2n) is 5.65. The lowest BCUT2D eigenvalue weighted by Gasteiger charge is -2.22. The number of hydrogen-bond acceptors (Lipinski definition) is 4. The van der Waals surface area contributed by atoms with Crippen LogP contribution in [0.4, 0.5) is 11.4 Å². The number of benzene rings is 1. The van der Waals surface area contributed by atoms with Gasteiger partial charge in [-0.1, -0.05) is 0 Å². The third-order valence-corrected chi connectivity index (χ3v) is 3.90. The zero-order chi connectivity index (χ0) is 14.9. The summed E-state index contributed by atoms with van der Waals surface area (Å²) in [7, 11) is 0. The number of hydrogen-bond donors (Lipinski definition) is 2. The lowest BCUT2D eigenvalue weighted by Crippen LogP contribution is -2.35. The van der Waals surface area contributed by atoms with Gasteiger partial charge in [0.2, 0.25) is 5.91 Å². The second kappa shape index (κ2) is 5.20. The minimum atomic E-state index is -0.415. The van der Waals surface area contributed by atoms with Crippen LogP contribution >= 0.6 is 0 Å². The van der Waals surface area contributed by atoms with Crippen molar-refractivity contribution in [1.82, 2.24) is 5.32 Å². The first-order chi connectivity index (χ1) is 9.33. The maximum Gasteiger partial charge on any atom is 0.272 e. The van der Waals surface area contributed by atoms with Crippen LogP contribution in [0.15, 0.2) is 12.1 Å². The molecule has 6 heteroatoms. The average molecular weight is 277 g/mol. The maximum atomic E-state index is 12.3. The van der Waals surface area contributed by atoms with Gasteiger partial charge >= 0.3 is 0 Å². The Morgan fingerprint density at radius 2 is 2.10 bits per heavy atom. The largest absolute Gasteiger partial charge is 0.325 e. The Morgan fingerprint density at radius 1 is 1.40 bits per heavy atom. The summed E-state index contributed by atoms with van der Waals surface area (Å²) < 4.78 is 0. The molecule has 2 rings (SSSR count).